The highest BCUT2D eigenvalue weighted by Gasteiger charge is 2.30. The second kappa shape index (κ2) is 11.0. The molecule has 0 saturated carbocycles. The van der Waals surface area contributed by atoms with Crippen LogP contribution in [0, 0.1) is 6.92 Å². The molecule has 0 radical (unpaired) electrons. The lowest BCUT2D eigenvalue weighted by atomic mass is 10.0. The van der Waals surface area contributed by atoms with Crippen molar-refractivity contribution in [3.05, 3.63) is 66.7 Å². The van der Waals surface area contributed by atoms with E-state index in [2.05, 4.69) is 13.5 Å². The van der Waals surface area contributed by atoms with E-state index in [1.54, 1.807) is 24.3 Å². The smallest absolute Gasteiger partial charge is 0.424 e. The van der Waals surface area contributed by atoms with Crippen molar-refractivity contribution < 1.29 is 17.9 Å². The van der Waals surface area contributed by atoms with Gasteiger partial charge in [0.25, 0.3) is 10.0 Å². The summed E-state index contributed by atoms with van der Waals surface area (Å²) in [4.78, 5) is 12.7. The van der Waals surface area contributed by atoms with Crippen LogP contribution in [0.25, 0.3) is 11.1 Å². The Morgan fingerprint density at radius 3 is 2.53 bits per heavy atom. The molecule has 1 unspecified atom stereocenters. The molecule has 2 aromatic carbocycles. The molecule has 2 aromatic rings. The summed E-state index contributed by atoms with van der Waals surface area (Å²) in [5.41, 5.74) is 2.33. The van der Waals surface area contributed by atoms with Crippen molar-refractivity contribution in [2.75, 3.05) is 7.05 Å². The topological polar surface area (TPSA) is 63.7 Å². The molecule has 6 heteroatoms. The molecule has 30 heavy (non-hydrogen) atoms. The van der Waals surface area contributed by atoms with Crippen molar-refractivity contribution in [2.24, 2.45) is 0 Å². The fourth-order valence-electron chi connectivity index (χ4n) is 3.19. The van der Waals surface area contributed by atoms with Crippen LogP contribution in [0.15, 0.2) is 66.1 Å². The van der Waals surface area contributed by atoms with E-state index in [9.17, 15) is 13.2 Å². The first-order chi connectivity index (χ1) is 14.3. The molecular weight excluding hydrogens is 398 g/mol. The first-order valence-corrected chi connectivity index (χ1v) is 11.7. The highest BCUT2D eigenvalue weighted by Crippen LogP contribution is 2.30. The number of aryl methyl sites for hydroxylation is 1. The summed E-state index contributed by atoms with van der Waals surface area (Å²) in [6.07, 6.45) is 4.91. The van der Waals surface area contributed by atoms with Crippen molar-refractivity contribution in [1.29, 1.82) is 0 Å². The number of benzene rings is 2. The van der Waals surface area contributed by atoms with Crippen LogP contribution in [0.5, 0.6) is 0 Å². The third-order valence-corrected chi connectivity index (χ3v) is 6.75. The van der Waals surface area contributed by atoms with Crippen LogP contribution in [0.2, 0.25) is 0 Å². The zero-order valence-corrected chi connectivity index (χ0v) is 18.8. The third-order valence-electron chi connectivity index (χ3n) is 4.97. The molecule has 2 rings (SSSR count). The Morgan fingerprint density at radius 2 is 1.87 bits per heavy atom. The zero-order chi connectivity index (χ0) is 22.1. The fourth-order valence-corrected chi connectivity index (χ4v) is 4.44. The van der Waals surface area contributed by atoms with Gasteiger partial charge in [0.2, 0.25) is 0 Å². The van der Waals surface area contributed by atoms with Gasteiger partial charge in [-0.05, 0) is 31.4 Å². The molecule has 0 heterocycles. The number of nitrogens with zero attached hydrogens (tertiary/aromatic N) is 1. The summed E-state index contributed by atoms with van der Waals surface area (Å²) in [5, 5.41) is 0. The molecule has 0 aromatic heterocycles. The number of ether oxygens (including phenoxy) is 1. The molecule has 0 spiro atoms. The van der Waals surface area contributed by atoms with Crippen molar-refractivity contribution in [3.8, 4) is 11.1 Å². The molecule has 162 valence electrons. The summed E-state index contributed by atoms with van der Waals surface area (Å²) in [6, 6.07) is 14.2. The van der Waals surface area contributed by atoms with Crippen molar-refractivity contribution >= 4 is 16.1 Å². The minimum absolute atomic E-state index is 0.0631. The SMILES string of the molecule is C=CC(CCCCCC)OC(=O)N(C)S(=O)(=O)c1ccccc1-c1cccc(C)c1. The van der Waals surface area contributed by atoms with Gasteiger partial charge in [0, 0.05) is 12.6 Å². The number of hydrogen-bond donors (Lipinski definition) is 0. The van der Waals surface area contributed by atoms with Crippen LogP contribution in [0.1, 0.15) is 44.6 Å². The van der Waals surface area contributed by atoms with Crippen molar-refractivity contribution in [3.63, 3.8) is 0 Å². The van der Waals surface area contributed by atoms with Gasteiger partial charge in [-0.25, -0.2) is 17.5 Å². The van der Waals surface area contributed by atoms with E-state index in [1.807, 2.05) is 31.2 Å². The van der Waals surface area contributed by atoms with Crippen LogP contribution >= 0.6 is 0 Å². The zero-order valence-electron chi connectivity index (χ0n) is 18.0. The van der Waals surface area contributed by atoms with Gasteiger partial charge in [-0.15, -0.1) is 0 Å². The van der Waals surface area contributed by atoms with E-state index in [-0.39, 0.29) is 4.90 Å². The lowest BCUT2D eigenvalue weighted by molar-refractivity contribution is 0.100. The summed E-state index contributed by atoms with van der Waals surface area (Å²) < 4.78 is 32.5. The van der Waals surface area contributed by atoms with E-state index in [1.165, 1.54) is 13.1 Å². The maximum absolute atomic E-state index is 13.2. The van der Waals surface area contributed by atoms with Gasteiger partial charge in [0.1, 0.15) is 6.10 Å². The van der Waals surface area contributed by atoms with Crippen molar-refractivity contribution in [2.45, 2.75) is 57.0 Å². The molecule has 0 N–H and O–H groups in total. The third kappa shape index (κ3) is 5.95. The summed E-state index contributed by atoms with van der Waals surface area (Å²) in [6.45, 7) is 7.78. The summed E-state index contributed by atoms with van der Waals surface area (Å²) in [5.74, 6) is 0. The molecule has 0 aliphatic rings. The minimum Gasteiger partial charge on any atom is -0.441 e. The van der Waals surface area contributed by atoms with Gasteiger partial charge in [0.05, 0.1) is 4.90 Å². The molecule has 0 bridgehead atoms. The maximum atomic E-state index is 13.2. The Bertz CT molecular complexity index is 969. The predicted octanol–water partition coefficient (Wildman–Crippen LogP) is 5.94. The van der Waals surface area contributed by atoms with E-state index in [4.69, 9.17) is 4.74 Å². The largest absolute Gasteiger partial charge is 0.441 e. The number of sulfonamides is 1. The van der Waals surface area contributed by atoms with E-state index >= 15 is 0 Å². The lowest BCUT2D eigenvalue weighted by Gasteiger charge is -2.22. The number of carbonyl (C=O) groups excluding carboxylic acids is 1. The monoisotopic (exact) mass is 429 g/mol. The number of amides is 1. The average molecular weight is 430 g/mol. The standard InChI is InChI=1S/C24H31NO4S/c1-5-7-8-9-15-21(6-2)29-24(26)25(4)30(27,28)23-17-11-10-16-22(23)20-14-12-13-19(3)18-20/h6,10-14,16-18,21H,2,5,7-9,15H2,1,3-4H3. The van der Waals surface area contributed by atoms with E-state index in [0.717, 1.165) is 36.8 Å². The van der Waals surface area contributed by atoms with E-state index in [0.29, 0.717) is 16.3 Å². The highest BCUT2D eigenvalue weighted by molar-refractivity contribution is 7.89. The molecular formula is C24H31NO4S. The Kier molecular flexibility index (Phi) is 8.66. The van der Waals surface area contributed by atoms with Crippen LogP contribution in [0.3, 0.4) is 0 Å². The number of rotatable bonds is 10. The lowest BCUT2D eigenvalue weighted by Crippen LogP contribution is -2.36. The molecule has 1 atom stereocenters. The van der Waals surface area contributed by atoms with Gasteiger partial charge >= 0.3 is 6.09 Å². The predicted molar refractivity (Wildman–Crippen MR) is 121 cm³/mol. The van der Waals surface area contributed by atoms with Crippen molar-refractivity contribution in [1.82, 2.24) is 4.31 Å². The van der Waals surface area contributed by atoms with Gasteiger partial charge in [-0.1, -0.05) is 86.9 Å². The first-order valence-electron chi connectivity index (χ1n) is 10.3. The summed E-state index contributed by atoms with van der Waals surface area (Å²) in [7, 11) is -2.86. The molecule has 0 aliphatic heterocycles. The molecule has 0 fully saturated rings. The number of carbonyl (C=O) groups is 1. The van der Waals surface area contributed by atoms with Gasteiger partial charge in [-0.3, -0.25) is 0 Å². The average Bonchev–Trinajstić information content (AvgIpc) is 2.75. The Balaban J connectivity index is 2.22. The van der Waals surface area contributed by atoms with Crippen LogP contribution in [-0.2, 0) is 14.8 Å². The maximum Gasteiger partial charge on any atom is 0.424 e. The first kappa shape index (κ1) is 23.7. The number of hydrogen-bond acceptors (Lipinski definition) is 4. The van der Waals surface area contributed by atoms with E-state index < -0.39 is 22.2 Å². The fraction of sp³-hybridized carbons (Fsp3) is 0.375. The van der Waals surface area contributed by atoms with Gasteiger partial charge in [0.15, 0.2) is 0 Å². The van der Waals surface area contributed by atoms with Gasteiger partial charge in [-0.2, -0.15) is 0 Å². The Hall–Kier alpha value is -2.60. The van der Waals surface area contributed by atoms with Crippen LogP contribution in [-0.4, -0.2) is 32.0 Å². The molecule has 0 saturated heterocycles. The highest BCUT2D eigenvalue weighted by atomic mass is 32.2. The van der Waals surface area contributed by atoms with Crippen LogP contribution in [0.4, 0.5) is 4.79 Å². The molecule has 5 nitrogen and oxygen atoms in total. The molecule has 1 amide bonds. The normalized spacial score (nSPS) is 12.2. The summed E-state index contributed by atoms with van der Waals surface area (Å²) >= 11 is 0. The quantitative estimate of drug-likeness (QED) is 0.346. The van der Waals surface area contributed by atoms with Gasteiger partial charge < -0.3 is 4.74 Å². The van der Waals surface area contributed by atoms with Crippen LogP contribution < -0.4 is 0 Å². The minimum atomic E-state index is -4.09. The Morgan fingerprint density at radius 1 is 1.13 bits per heavy atom. The second-order valence-electron chi connectivity index (χ2n) is 7.35. The molecule has 0 aliphatic carbocycles. The Labute approximate surface area is 180 Å². The number of unbranched alkanes of at least 4 members (excludes halogenated alkanes) is 3. The second-order valence-corrected chi connectivity index (χ2v) is 9.28.